The summed E-state index contributed by atoms with van der Waals surface area (Å²) in [5.41, 5.74) is 0.908. The first-order valence-corrected chi connectivity index (χ1v) is 5.62. The van der Waals surface area contributed by atoms with Gasteiger partial charge in [0.25, 0.3) is 0 Å². The van der Waals surface area contributed by atoms with Crippen molar-refractivity contribution in [1.82, 2.24) is 4.98 Å². The summed E-state index contributed by atoms with van der Waals surface area (Å²) in [6, 6.07) is 3.79. The van der Waals surface area contributed by atoms with Gasteiger partial charge in [-0.3, -0.25) is 0 Å². The lowest BCUT2D eigenvalue weighted by atomic mass is 10.2. The second kappa shape index (κ2) is 4.80. The Balaban J connectivity index is 2.12. The van der Waals surface area contributed by atoms with Crippen LogP contribution in [0, 0.1) is 0 Å². The Morgan fingerprint density at radius 2 is 2.44 bits per heavy atom. The Hall–Kier alpha value is -1.13. The quantitative estimate of drug-likeness (QED) is 0.838. The van der Waals surface area contributed by atoms with E-state index in [0.29, 0.717) is 6.10 Å². The summed E-state index contributed by atoms with van der Waals surface area (Å²) in [4.78, 5) is 6.53. The number of nitrogens with zero attached hydrogens (tertiary/aromatic N) is 2. The normalized spacial score (nSPS) is 22.4. The number of methoxy groups -OCH3 is 1. The van der Waals surface area contributed by atoms with Gasteiger partial charge in [0.2, 0.25) is 0 Å². The second-order valence-corrected chi connectivity index (χ2v) is 4.22. The molecule has 0 aliphatic carbocycles. The molecule has 0 aromatic carbocycles. The van der Waals surface area contributed by atoms with Crippen molar-refractivity contribution in [2.45, 2.75) is 25.6 Å². The first-order chi connectivity index (χ1) is 7.70. The first-order valence-electron chi connectivity index (χ1n) is 5.62. The zero-order valence-corrected chi connectivity index (χ0v) is 9.76. The molecule has 0 saturated carbocycles. The SMILES string of the molecule is COC1CCN(c2cc(C(C)O)ccn2)C1. The van der Waals surface area contributed by atoms with Gasteiger partial charge in [-0.2, -0.15) is 0 Å². The maximum absolute atomic E-state index is 9.52. The van der Waals surface area contributed by atoms with Crippen molar-refractivity contribution in [3.05, 3.63) is 23.9 Å². The van der Waals surface area contributed by atoms with E-state index in [9.17, 15) is 5.11 Å². The third kappa shape index (κ3) is 2.33. The van der Waals surface area contributed by atoms with Crippen LogP contribution in [0.2, 0.25) is 0 Å². The van der Waals surface area contributed by atoms with Gasteiger partial charge in [-0.05, 0) is 31.0 Å². The van der Waals surface area contributed by atoms with Gasteiger partial charge in [-0.15, -0.1) is 0 Å². The number of anilines is 1. The second-order valence-electron chi connectivity index (χ2n) is 4.22. The van der Waals surface area contributed by atoms with E-state index >= 15 is 0 Å². The molecule has 0 bridgehead atoms. The van der Waals surface area contributed by atoms with Crippen LogP contribution in [-0.2, 0) is 4.74 Å². The van der Waals surface area contributed by atoms with E-state index in [4.69, 9.17) is 4.74 Å². The molecule has 0 amide bonds. The number of pyridine rings is 1. The highest BCUT2D eigenvalue weighted by Gasteiger charge is 2.23. The first kappa shape index (κ1) is 11.4. The molecule has 1 N–H and O–H groups in total. The third-order valence-electron chi connectivity index (χ3n) is 3.05. The minimum atomic E-state index is -0.442. The summed E-state index contributed by atoms with van der Waals surface area (Å²) in [6.45, 7) is 3.61. The minimum Gasteiger partial charge on any atom is -0.389 e. The lowest BCUT2D eigenvalue weighted by molar-refractivity contribution is 0.121. The van der Waals surface area contributed by atoms with E-state index < -0.39 is 6.10 Å². The molecule has 0 radical (unpaired) electrons. The van der Waals surface area contributed by atoms with E-state index in [2.05, 4.69) is 9.88 Å². The summed E-state index contributed by atoms with van der Waals surface area (Å²) in [7, 11) is 1.74. The standard InChI is InChI=1S/C12H18N2O2/c1-9(15)10-3-5-13-12(7-10)14-6-4-11(8-14)16-2/h3,5,7,9,11,15H,4,6,8H2,1-2H3. The van der Waals surface area contributed by atoms with E-state index in [1.54, 1.807) is 20.2 Å². The van der Waals surface area contributed by atoms with Gasteiger partial charge in [0, 0.05) is 26.4 Å². The molecule has 1 aromatic heterocycles. The third-order valence-corrected chi connectivity index (χ3v) is 3.05. The molecule has 2 unspecified atom stereocenters. The Morgan fingerprint density at radius 3 is 3.06 bits per heavy atom. The highest BCUT2D eigenvalue weighted by molar-refractivity contribution is 5.42. The number of aliphatic hydroxyl groups excluding tert-OH is 1. The van der Waals surface area contributed by atoms with Crippen LogP contribution in [0.15, 0.2) is 18.3 Å². The number of hydrogen-bond acceptors (Lipinski definition) is 4. The van der Waals surface area contributed by atoms with Gasteiger partial charge in [-0.1, -0.05) is 0 Å². The van der Waals surface area contributed by atoms with Gasteiger partial charge < -0.3 is 14.7 Å². The maximum Gasteiger partial charge on any atom is 0.128 e. The molecular formula is C12H18N2O2. The van der Waals surface area contributed by atoms with E-state index in [1.807, 2.05) is 12.1 Å². The molecule has 1 saturated heterocycles. The van der Waals surface area contributed by atoms with Crippen molar-refractivity contribution in [3.63, 3.8) is 0 Å². The van der Waals surface area contributed by atoms with Crippen molar-refractivity contribution >= 4 is 5.82 Å². The van der Waals surface area contributed by atoms with E-state index in [0.717, 1.165) is 30.9 Å². The van der Waals surface area contributed by atoms with Crippen LogP contribution < -0.4 is 4.90 Å². The molecule has 1 aromatic rings. The highest BCUT2D eigenvalue weighted by atomic mass is 16.5. The van der Waals surface area contributed by atoms with Crippen molar-refractivity contribution < 1.29 is 9.84 Å². The van der Waals surface area contributed by atoms with Crippen LogP contribution in [0.5, 0.6) is 0 Å². The molecule has 16 heavy (non-hydrogen) atoms. The summed E-state index contributed by atoms with van der Waals surface area (Å²) < 4.78 is 5.32. The van der Waals surface area contributed by atoms with Crippen LogP contribution in [-0.4, -0.2) is 36.4 Å². The molecule has 1 fully saturated rings. The fourth-order valence-corrected chi connectivity index (χ4v) is 2.00. The number of aliphatic hydroxyl groups is 1. The average molecular weight is 222 g/mol. The topological polar surface area (TPSA) is 45.6 Å². The fraction of sp³-hybridized carbons (Fsp3) is 0.583. The number of hydrogen-bond donors (Lipinski definition) is 1. The number of ether oxygens (including phenoxy) is 1. The van der Waals surface area contributed by atoms with Crippen LogP contribution >= 0.6 is 0 Å². The van der Waals surface area contributed by atoms with Crippen LogP contribution in [0.4, 0.5) is 5.82 Å². The largest absolute Gasteiger partial charge is 0.389 e. The molecule has 88 valence electrons. The van der Waals surface area contributed by atoms with Crippen LogP contribution in [0.25, 0.3) is 0 Å². The summed E-state index contributed by atoms with van der Waals surface area (Å²) in [5, 5.41) is 9.52. The molecule has 2 heterocycles. The van der Waals surface area contributed by atoms with Gasteiger partial charge in [-0.25, -0.2) is 4.98 Å². The summed E-state index contributed by atoms with van der Waals surface area (Å²) in [6.07, 6.45) is 2.65. The Kier molecular flexibility index (Phi) is 3.41. The fourth-order valence-electron chi connectivity index (χ4n) is 2.00. The Bertz CT molecular complexity index is 355. The van der Waals surface area contributed by atoms with Gasteiger partial charge >= 0.3 is 0 Å². The van der Waals surface area contributed by atoms with Crippen molar-refractivity contribution in [2.24, 2.45) is 0 Å². The zero-order valence-electron chi connectivity index (χ0n) is 9.76. The highest BCUT2D eigenvalue weighted by Crippen LogP contribution is 2.22. The average Bonchev–Trinajstić information content (AvgIpc) is 2.77. The minimum absolute atomic E-state index is 0.303. The predicted molar refractivity (Wildman–Crippen MR) is 62.5 cm³/mol. The Labute approximate surface area is 95.9 Å². The molecule has 0 spiro atoms. The smallest absolute Gasteiger partial charge is 0.128 e. The molecule has 1 aliphatic rings. The monoisotopic (exact) mass is 222 g/mol. The van der Waals surface area contributed by atoms with Gasteiger partial charge in [0.05, 0.1) is 12.2 Å². The molecule has 1 aliphatic heterocycles. The molecule has 4 heteroatoms. The lowest BCUT2D eigenvalue weighted by Gasteiger charge is -2.18. The van der Waals surface area contributed by atoms with Crippen molar-refractivity contribution in [1.29, 1.82) is 0 Å². The van der Waals surface area contributed by atoms with Crippen LogP contribution in [0.3, 0.4) is 0 Å². The van der Waals surface area contributed by atoms with Crippen LogP contribution in [0.1, 0.15) is 25.0 Å². The molecular weight excluding hydrogens is 204 g/mol. The lowest BCUT2D eigenvalue weighted by Crippen LogP contribution is -2.23. The van der Waals surface area contributed by atoms with Gasteiger partial charge in [0.15, 0.2) is 0 Å². The maximum atomic E-state index is 9.52. The predicted octanol–water partition coefficient (Wildman–Crippen LogP) is 1.36. The van der Waals surface area contributed by atoms with Crippen molar-refractivity contribution in [3.8, 4) is 0 Å². The van der Waals surface area contributed by atoms with Crippen molar-refractivity contribution in [2.75, 3.05) is 25.1 Å². The Morgan fingerprint density at radius 1 is 1.62 bits per heavy atom. The zero-order chi connectivity index (χ0) is 11.5. The molecule has 2 atom stereocenters. The molecule has 4 nitrogen and oxygen atoms in total. The summed E-state index contributed by atoms with van der Waals surface area (Å²) >= 11 is 0. The van der Waals surface area contributed by atoms with E-state index in [-0.39, 0.29) is 0 Å². The molecule has 2 rings (SSSR count). The number of aromatic nitrogens is 1. The van der Waals surface area contributed by atoms with Gasteiger partial charge in [0.1, 0.15) is 5.82 Å². The summed E-state index contributed by atoms with van der Waals surface area (Å²) in [5.74, 6) is 0.929. The number of rotatable bonds is 3. The van der Waals surface area contributed by atoms with E-state index in [1.165, 1.54) is 0 Å².